The number of aryl methyl sites for hydroxylation is 1. The largest absolute Gasteiger partial charge is 0.335 e. The van der Waals surface area contributed by atoms with Crippen molar-refractivity contribution in [2.75, 3.05) is 13.6 Å². The van der Waals surface area contributed by atoms with Gasteiger partial charge in [0.25, 0.3) is 0 Å². The lowest BCUT2D eigenvalue weighted by molar-refractivity contribution is 0.372. The Morgan fingerprint density at radius 1 is 1.75 bits per heavy atom. The van der Waals surface area contributed by atoms with E-state index in [4.69, 9.17) is 0 Å². The minimum absolute atomic E-state index is 0.782. The van der Waals surface area contributed by atoms with Crippen LogP contribution in [-0.4, -0.2) is 23.1 Å². The van der Waals surface area contributed by atoms with E-state index >= 15 is 0 Å². The standard InChI is InChI=1S/C9H15N3/c1-10-7-8-2-4-12-5-3-11-9(12)6-8/h3,5,8,10H,2,4,6-7H2,1H3/t8-/m0/s1. The minimum Gasteiger partial charge on any atom is -0.335 e. The van der Waals surface area contributed by atoms with Gasteiger partial charge in [0.05, 0.1) is 0 Å². The van der Waals surface area contributed by atoms with Crippen LogP contribution in [0.4, 0.5) is 0 Å². The Hall–Kier alpha value is -0.830. The molecule has 0 unspecified atom stereocenters. The van der Waals surface area contributed by atoms with Crippen LogP contribution < -0.4 is 5.32 Å². The average Bonchev–Trinajstić information content (AvgIpc) is 2.51. The van der Waals surface area contributed by atoms with Crippen LogP contribution >= 0.6 is 0 Å². The highest BCUT2D eigenvalue weighted by Crippen LogP contribution is 2.17. The van der Waals surface area contributed by atoms with Crippen LogP contribution in [0.5, 0.6) is 0 Å². The van der Waals surface area contributed by atoms with Gasteiger partial charge in [-0.2, -0.15) is 0 Å². The van der Waals surface area contributed by atoms with Crippen molar-refractivity contribution in [3.05, 3.63) is 18.2 Å². The van der Waals surface area contributed by atoms with Gasteiger partial charge in [0, 0.05) is 25.4 Å². The molecular formula is C9H15N3. The summed E-state index contributed by atoms with van der Waals surface area (Å²) in [4.78, 5) is 4.32. The molecule has 0 amide bonds. The first-order valence-electron chi connectivity index (χ1n) is 4.55. The molecule has 0 saturated carbocycles. The zero-order valence-electron chi connectivity index (χ0n) is 7.45. The summed E-state index contributed by atoms with van der Waals surface area (Å²) in [7, 11) is 2.01. The molecule has 0 spiro atoms. The summed E-state index contributed by atoms with van der Waals surface area (Å²) in [6.45, 7) is 2.26. The van der Waals surface area contributed by atoms with Crippen molar-refractivity contribution in [2.45, 2.75) is 19.4 Å². The monoisotopic (exact) mass is 165 g/mol. The highest BCUT2D eigenvalue weighted by atomic mass is 15.1. The fourth-order valence-corrected chi connectivity index (χ4v) is 1.88. The third-order valence-electron chi connectivity index (χ3n) is 2.54. The summed E-state index contributed by atoms with van der Waals surface area (Å²) in [5.41, 5.74) is 0. The molecule has 12 heavy (non-hydrogen) atoms. The zero-order valence-corrected chi connectivity index (χ0v) is 7.45. The molecule has 1 aromatic rings. The van der Waals surface area contributed by atoms with E-state index in [1.54, 1.807) is 0 Å². The van der Waals surface area contributed by atoms with Crippen LogP contribution in [0.2, 0.25) is 0 Å². The second-order valence-electron chi connectivity index (χ2n) is 3.45. The van der Waals surface area contributed by atoms with Crippen LogP contribution in [0.15, 0.2) is 12.4 Å². The molecule has 3 nitrogen and oxygen atoms in total. The second kappa shape index (κ2) is 3.27. The number of nitrogens with one attached hydrogen (secondary N) is 1. The van der Waals surface area contributed by atoms with E-state index in [2.05, 4.69) is 21.1 Å². The van der Waals surface area contributed by atoms with Gasteiger partial charge in [0.2, 0.25) is 0 Å². The molecule has 0 fully saturated rings. The van der Waals surface area contributed by atoms with Crippen molar-refractivity contribution in [2.24, 2.45) is 5.92 Å². The van der Waals surface area contributed by atoms with E-state index in [-0.39, 0.29) is 0 Å². The highest BCUT2D eigenvalue weighted by molar-refractivity contribution is 4.97. The smallest absolute Gasteiger partial charge is 0.108 e. The molecule has 0 saturated heterocycles. The maximum Gasteiger partial charge on any atom is 0.108 e. The van der Waals surface area contributed by atoms with Gasteiger partial charge in [0.1, 0.15) is 5.82 Å². The number of hydrogen-bond donors (Lipinski definition) is 1. The quantitative estimate of drug-likeness (QED) is 0.698. The number of fused-ring (bicyclic) bond motifs is 1. The molecule has 0 radical (unpaired) electrons. The van der Waals surface area contributed by atoms with Crippen molar-refractivity contribution >= 4 is 0 Å². The van der Waals surface area contributed by atoms with E-state index in [0.29, 0.717) is 0 Å². The van der Waals surface area contributed by atoms with E-state index in [0.717, 1.165) is 25.4 Å². The summed E-state index contributed by atoms with van der Waals surface area (Å²) in [6, 6.07) is 0. The van der Waals surface area contributed by atoms with Crippen LogP contribution in [-0.2, 0) is 13.0 Å². The first kappa shape index (κ1) is 7.80. The van der Waals surface area contributed by atoms with Crippen LogP contribution in [0, 0.1) is 5.92 Å². The summed E-state index contributed by atoms with van der Waals surface area (Å²) in [5.74, 6) is 2.03. The van der Waals surface area contributed by atoms with E-state index in [1.807, 2.05) is 13.2 Å². The lowest BCUT2D eigenvalue weighted by atomic mass is 9.98. The predicted octanol–water partition coefficient (Wildman–Crippen LogP) is 0.665. The van der Waals surface area contributed by atoms with Crippen LogP contribution in [0.3, 0.4) is 0 Å². The molecule has 1 aliphatic rings. The third-order valence-corrected chi connectivity index (χ3v) is 2.54. The Morgan fingerprint density at radius 3 is 3.50 bits per heavy atom. The fourth-order valence-electron chi connectivity index (χ4n) is 1.88. The van der Waals surface area contributed by atoms with Crippen molar-refractivity contribution in [3.8, 4) is 0 Å². The van der Waals surface area contributed by atoms with Gasteiger partial charge in [-0.25, -0.2) is 4.98 Å². The molecule has 1 atom stereocenters. The van der Waals surface area contributed by atoms with Gasteiger partial charge in [-0.3, -0.25) is 0 Å². The zero-order chi connectivity index (χ0) is 8.39. The molecule has 1 aliphatic heterocycles. The minimum atomic E-state index is 0.782. The Labute approximate surface area is 72.8 Å². The molecule has 0 aliphatic carbocycles. The van der Waals surface area contributed by atoms with Gasteiger partial charge in [-0.15, -0.1) is 0 Å². The van der Waals surface area contributed by atoms with Crippen molar-refractivity contribution in [1.82, 2.24) is 14.9 Å². The summed E-state index contributed by atoms with van der Waals surface area (Å²) in [6.07, 6.45) is 6.39. The highest BCUT2D eigenvalue weighted by Gasteiger charge is 2.17. The number of nitrogens with zero attached hydrogens (tertiary/aromatic N) is 2. The van der Waals surface area contributed by atoms with Crippen molar-refractivity contribution < 1.29 is 0 Å². The second-order valence-corrected chi connectivity index (χ2v) is 3.45. The van der Waals surface area contributed by atoms with E-state index in [9.17, 15) is 0 Å². The fraction of sp³-hybridized carbons (Fsp3) is 0.667. The number of aromatic nitrogens is 2. The molecule has 0 bridgehead atoms. The van der Waals surface area contributed by atoms with Gasteiger partial charge in [-0.1, -0.05) is 0 Å². The van der Waals surface area contributed by atoms with E-state index < -0.39 is 0 Å². The van der Waals surface area contributed by atoms with Crippen LogP contribution in [0.25, 0.3) is 0 Å². The van der Waals surface area contributed by atoms with Gasteiger partial charge >= 0.3 is 0 Å². The maximum atomic E-state index is 4.32. The maximum absolute atomic E-state index is 4.32. The molecule has 2 heterocycles. The molecule has 2 rings (SSSR count). The first-order valence-corrected chi connectivity index (χ1v) is 4.55. The Morgan fingerprint density at radius 2 is 2.67 bits per heavy atom. The first-order chi connectivity index (χ1) is 5.90. The summed E-state index contributed by atoms with van der Waals surface area (Å²) in [5, 5.41) is 3.22. The molecular weight excluding hydrogens is 150 g/mol. The Balaban J connectivity index is 2.05. The van der Waals surface area contributed by atoms with E-state index in [1.165, 1.54) is 12.2 Å². The molecule has 66 valence electrons. The van der Waals surface area contributed by atoms with Gasteiger partial charge in [0.15, 0.2) is 0 Å². The molecule has 1 aromatic heterocycles. The van der Waals surface area contributed by atoms with Gasteiger partial charge in [-0.05, 0) is 25.9 Å². The van der Waals surface area contributed by atoms with Gasteiger partial charge < -0.3 is 9.88 Å². The topological polar surface area (TPSA) is 29.9 Å². The number of imidazole rings is 1. The summed E-state index contributed by atoms with van der Waals surface area (Å²) < 4.78 is 2.26. The molecule has 3 heteroatoms. The Kier molecular flexibility index (Phi) is 2.13. The Bertz CT molecular complexity index is 254. The van der Waals surface area contributed by atoms with Crippen molar-refractivity contribution in [1.29, 1.82) is 0 Å². The average molecular weight is 165 g/mol. The number of hydrogen-bond acceptors (Lipinski definition) is 2. The predicted molar refractivity (Wildman–Crippen MR) is 48.0 cm³/mol. The lowest BCUT2D eigenvalue weighted by Gasteiger charge is -2.22. The SMILES string of the molecule is CNC[C@H]1CCn2ccnc2C1. The lowest BCUT2D eigenvalue weighted by Crippen LogP contribution is -2.27. The number of rotatable bonds is 2. The third kappa shape index (κ3) is 1.37. The summed E-state index contributed by atoms with van der Waals surface area (Å²) >= 11 is 0. The molecule has 0 aromatic carbocycles. The normalized spacial score (nSPS) is 22.2. The van der Waals surface area contributed by atoms with Crippen molar-refractivity contribution in [3.63, 3.8) is 0 Å². The molecule has 1 N–H and O–H groups in total. The van der Waals surface area contributed by atoms with Crippen LogP contribution in [0.1, 0.15) is 12.2 Å².